The van der Waals surface area contributed by atoms with Crippen molar-refractivity contribution in [2.75, 3.05) is 15.5 Å². The molecule has 0 unspecified atom stereocenters. The van der Waals surface area contributed by atoms with E-state index in [9.17, 15) is 43.5 Å². The molecule has 0 aliphatic carbocycles. The lowest BCUT2D eigenvalue weighted by Gasteiger charge is -2.50. The molecule has 3 aliphatic rings. The molecule has 1 N–H and O–H groups in total. The first-order chi connectivity index (χ1) is 27.2. The third kappa shape index (κ3) is 13.8. The summed E-state index contributed by atoms with van der Waals surface area (Å²) in [6.45, 7) is 7.85. The van der Waals surface area contributed by atoms with Gasteiger partial charge >= 0.3 is 47.8 Å². The maximum absolute atomic E-state index is 12.7. The van der Waals surface area contributed by atoms with Crippen LogP contribution in [-0.2, 0) is 99.9 Å². The van der Waals surface area contributed by atoms with Gasteiger partial charge in [0.25, 0.3) is 0 Å². The number of ether oxygens (including phenoxy) is 13. The third-order valence-electron chi connectivity index (χ3n) is 8.24. The van der Waals surface area contributed by atoms with Crippen LogP contribution in [0.4, 0.5) is 0 Å². The Labute approximate surface area is 359 Å². The Balaban J connectivity index is 2.16. The Morgan fingerprint density at radius 3 is 1.10 bits per heavy atom. The minimum Gasteiger partial charge on any atom is -0.463 e. The van der Waals surface area contributed by atoms with Crippen LogP contribution < -0.4 is 0 Å². The van der Waals surface area contributed by atoms with Crippen LogP contribution in [0, 0.1) is 0 Å². The maximum atomic E-state index is 12.7. The van der Waals surface area contributed by atoms with Gasteiger partial charge in [0.1, 0.15) is 31.0 Å². The number of rotatable bonds is 15. The summed E-state index contributed by atoms with van der Waals surface area (Å²) in [6, 6.07) is 0. The number of aliphatic hydroxyl groups excluding tert-OH is 1. The molecular formula is C34H46I2O22. The largest absolute Gasteiger partial charge is 0.463 e. The second-order valence-corrected chi connectivity index (χ2v) is 14.7. The number of hydrogen-bond acceptors (Lipinski definition) is 22. The summed E-state index contributed by atoms with van der Waals surface area (Å²) < 4.78 is 74.6. The monoisotopic (exact) mass is 1060 g/mol. The van der Waals surface area contributed by atoms with Crippen molar-refractivity contribution in [2.45, 2.75) is 148 Å². The SMILES string of the molecule is CC(=O)OC[C@H]1O[C@@H](O)[C@H](OC(C)=O)[C@@H](OC(C)=O)[C@@H]1O[C@H]1O[C@H](CI)[C@@H](O[C@H]2O[C@H](CI)[C@@H](OC(C)=O)[C@H](OC(C)=O)[C@H]2OC(C)=O)[C@H](OC(C)=O)[C@H]1OC(C)=O. The average Bonchev–Trinajstić information content (AvgIpc) is 3.09. The molecule has 0 aromatic carbocycles. The Morgan fingerprint density at radius 1 is 0.414 bits per heavy atom. The van der Waals surface area contributed by atoms with Crippen LogP contribution in [0.1, 0.15) is 55.4 Å². The molecule has 0 aromatic heterocycles. The van der Waals surface area contributed by atoms with Crippen molar-refractivity contribution in [1.29, 1.82) is 0 Å². The molecule has 328 valence electrons. The summed E-state index contributed by atoms with van der Waals surface area (Å²) in [5, 5.41) is 10.8. The summed E-state index contributed by atoms with van der Waals surface area (Å²) in [6.07, 6.45) is -23.2. The highest BCUT2D eigenvalue weighted by Crippen LogP contribution is 2.38. The van der Waals surface area contributed by atoms with Gasteiger partial charge in [-0.3, -0.25) is 38.4 Å². The van der Waals surface area contributed by atoms with Crippen molar-refractivity contribution >= 4 is 92.9 Å². The molecule has 3 heterocycles. The average molecular weight is 1060 g/mol. The van der Waals surface area contributed by atoms with Gasteiger partial charge in [-0.1, -0.05) is 45.2 Å². The van der Waals surface area contributed by atoms with E-state index in [1.165, 1.54) is 0 Å². The minimum absolute atomic E-state index is 0.0111. The zero-order valence-corrected chi connectivity index (χ0v) is 36.9. The second kappa shape index (κ2) is 22.5. The lowest BCUT2D eigenvalue weighted by Crippen LogP contribution is -2.68. The summed E-state index contributed by atoms with van der Waals surface area (Å²) in [7, 11) is 0. The lowest BCUT2D eigenvalue weighted by molar-refractivity contribution is -0.372. The van der Waals surface area contributed by atoms with Gasteiger partial charge < -0.3 is 66.7 Å². The van der Waals surface area contributed by atoms with Crippen molar-refractivity contribution in [3.8, 4) is 0 Å². The molecule has 0 aromatic rings. The van der Waals surface area contributed by atoms with Gasteiger partial charge in [-0.15, -0.1) is 0 Å². The van der Waals surface area contributed by atoms with E-state index in [0.717, 1.165) is 55.4 Å². The van der Waals surface area contributed by atoms with E-state index in [2.05, 4.69) is 0 Å². The van der Waals surface area contributed by atoms with Gasteiger partial charge in [-0.25, -0.2) is 0 Å². The fourth-order valence-corrected chi connectivity index (χ4v) is 7.77. The standard InChI is InChI=1S/C34H46I2O22/c1-12(37)46-11-22-25(26(48-14(3)39)29(32(45)54-22)51-17(6)42)58-34-31(53-19(8)44)28(50-16(5)41)24(21(10-36)56-34)57-33-30(52-18(7)43)27(49-15(4)40)23(47-13(2)38)20(9-35)55-33/h20-34,45H,9-11H2,1-8H3/t20-,21-,22-,23-,24-,25-,26+,27+,28+,29-,30-,31-,32-,33-,34-/m1/s1. The Kier molecular flexibility index (Phi) is 19.2. The number of halogens is 2. The van der Waals surface area contributed by atoms with Gasteiger partial charge in [0.05, 0.1) is 6.10 Å². The van der Waals surface area contributed by atoms with E-state index in [1.54, 1.807) is 0 Å². The first-order valence-corrected chi connectivity index (χ1v) is 20.6. The normalized spacial score (nSPS) is 34.6. The first-order valence-electron chi connectivity index (χ1n) is 17.6. The van der Waals surface area contributed by atoms with Crippen LogP contribution in [0.3, 0.4) is 0 Å². The molecule has 0 radical (unpaired) electrons. The quantitative estimate of drug-likeness (QED) is 0.0969. The zero-order valence-electron chi connectivity index (χ0n) is 32.6. The highest BCUT2D eigenvalue weighted by Gasteiger charge is 2.59. The summed E-state index contributed by atoms with van der Waals surface area (Å²) in [5.74, 6) is -6.93. The van der Waals surface area contributed by atoms with E-state index in [4.69, 9.17) is 61.6 Å². The van der Waals surface area contributed by atoms with Crippen molar-refractivity contribution in [2.24, 2.45) is 0 Å². The van der Waals surface area contributed by atoms with Crippen LogP contribution >= 0.6 is 45.2 Å². The molecule has 24 heteroatoms. The van der Waals surface area contributed by atoms with E-state index < -0.39 is 146 Å². The van der Waals surface area contributed by atoms with Crippen molar-refractivity contribution in [3.05, 3.63) is 0 Å². The molecule has 22 nitrogen and oxygen atoms in total. The fraction of sp³-hybridized carbons (Fsp3) is 0.765. The molecule has 0 saturated carbocycles. The van der Waals surface area contributed by atoms with Crippen molar-refractivity contribution in [1.82, 2.24) is 0 Å². The molecule has 58 heavy (non-hydrogen) atoms. The summed E-state index contributed by atoms with van der Waals surface area (Å²) in [5.41, 5.74) is 0. The molecular weight excluding hydrogens is 1010 g/mol. The molecule has 3 rings (SSSR count). The predicted molar refractivity (Wildman–Crippen MR) is 201 cm³/mol. The van der Waals surface area contributed by atoms with Gasteiger partial charge in [-0.05, 0) is 0 Å². The smallest absolute Gasteiger partial charge is 0.303 e. The highest BCUT2D eigenvalue weighted by atomic mass is 127. The summed E-state index contributed by atoms with van der Waals surface area (Å²) >= 11 is 3.83. The number of alkyl halides is 2. The lowest BCUT2D eigenvalue weighted by atomic mass is 9.95. The Hall–Kier alpha value is -3.02. The second-order valence-electron chi connectivity index (χ2n) is 13.0. The van der Waals surface area contributed by atoms with Gasteiger partial charge in [-0.2, -0.15) is 0 Å². The predicted octanol–water partition coefficient (Wildman–Crippen LogP) is -0.121. The minimum atomic E-state index is -1.93. The molecule has 0 spiro atoms. The third-order valence-corrected chi connectivity index (χ3v) is 9.98. The molecule has 0 bridgehead atoms. The van der Waals surface area contributed by atoms with Gasteiger partial charge in [0, 0.05) is 64.2 Å². The van der Waals surface area contributed by atoms with Gasteiger partial charge in [0.15, 0.2) is 61.6 Å². The number of esters is 8. The van der Waals surface area contributed by atoms with Crippen molar-refractivity contribution < 1.29 is 105 Å². The molecule has 15 atom stereocenters. The molecule has 3 aliphatic heterocycles. The molecule has 3 fully saturated rings. The zero-order chi connectivity index (χ0) is 43.6. The summed E-state index contributed by atoms with van der Waals surface area (Å²) in [4.78, 5) is 98.6. The van der Waals surface area contributed by atoms with Crippen LogP contribution in [0.2, 0.25) is 0 Å². The number of carbonyl (C=O) groups is 8. The van der Waals surface area contributed by atoms with Crippen LogP contribution in [0.5, 0.6) is 0 Å². The van der Waals surface area contributed by atoms with Gasteiger partial charge in [0.2, 0.25) is 0 Å². The Morgan fingerprint density at radius 2 is 0.724 bits per heavy atom. The van der Waals surface area contributed by atoms with Crippen LogP contribution in [0.25, 0.3) is 0 Å². The topological polar surface area (TPSA) is 277 Å². The molecule has 3 saturated heterocycles. The van der Waals surface area contributed by atoms with E-state index in [-0.39, 0.29) is 8.86 Å². The number of aliphatic hydroxyl groups is 1. The fourth-order valence-electron chi connectivity index (χ4n) is 6.35. The van der Waals surface area contributed by atoms with Crippen LogP contribution in [-0.4, -0.2) is 160 Å². The molecule has 0 amide bonds. The van der Waals surface area contributed by atoms with Crippen LogP contribution in [0.15, 0.2) is 0 Å². The maximum Gasteiger partial charge on any atom is 0.303 e. The number of carbonyl (C=O) groups excluding carboxylic acids is 8. The highest BCUT2D eigenvalue weighted by molar-refractivity contribution is 14.1. The van der Waals surface area contributed by atoms with E-state index in [1.807, 2.05) is 45.2 Å². The van der Waals surface area contributed by atoms with E-state index in [0.29, 0.717) is 0 Å². The number of hydrogen-bond donors (Lipinski definition) is 1. The van der Waals surface area contributed by atoms with E-state index >= 15 is 0 Å². The van der Waals surface area contributed by atoms with Crippen molar-refractivity contribution in [3.63, 3.8) is 0 Å². The Bertz CT molecular complexity index is 1510. The first kappa shape index (κ1) is 49.3.